The Morgan fingerprint density at radius 1 is 1.00 bits per heavy atom. The molecule has 2 aromatic rings. The third-order valence-electron chi connectivity index (χ3n) is 5.60. The first-order valence-electron chi connectivity index (χ1n) is 10.4. The van der Waals surface area contributed by atoms with E-state index in [1.54, 1.807) is 12.1 Å². The number of piperazine rings is 1. The number of urea groups is 1. The third kappa shape index (κ3) is 6.18. The van der Waals surface area contributed by atoms with E-state index in [1.807, 2.05) is 14.1 Å². The predicted octanol–water partition coefficient (Wildman–Crippen LogP) is 2.68. The maximum atomic E-state index is 13.0. The van der Waals surface area contributed by atoms with Crippen LogP contribution in [0.2, 0.25) is 0 Å². The quantitative estimate of drug-likeness (QED) is 0.733. The molecule has 0 aromatic heterocycles. The topological polar surface area (TPSA) is 50.9 Å². The van der Waals surface area contributed by atoms with Crippen LogP contribution in [0.1, 0.15) is 17.2 Å². The number of hydrogen-bond donors (Lipinski definition) is 2. The molecule has 6 nitrogen and oxygen atoms in total. The second kappa shape index (κ2) is 10.4. The normalized spacial score (nSPS) is 16.1. The molecule has 1 fully saturated rings. The second-order valence-corrected chi connectivity index (χ2v) is 8.03. The van der Waals surface area contributed by atoms with Gasteiger partial charge in [-0.15, -0.1) is 0 Å². The van der Waals surface area contributed by atoms with E-state index < -0.39 is 0 Å². The summed E-state index contributed by atoms with van der Waals surface area (Å²) >= 11 is 0. The van der Waals surface area contributed by atoms with E-state index >= 15 is 0 Å². The maximum absolute atomic E-state index is 13.0. The van der Waals surface area contributed by atoms with Gasteiger partial charge in [0, 0.05) is 59.1 Å². The Morgan fingerprint density at radius 3 is 2.23 bits per heavy atom. The van der Waals surface area contributed by atoms with Crippen molar-refractivity contribution >= 4 is 11.7 Å². The zero-order valence-corrected chi connectivity index (χ0v) is 18.1. The molecule has 1 saturated heterocycles. The highest BCUT2D eigenvalue weighted by Crippen LogP contribution is 2.24. The van der Waals surface area contributed by atoms with Crippen molar-refractivity contribution < 1.29 is 9.18 Å². The molecule has 1 aliphatic rings. The van der Waals surface area contributed by atoms with Gasteiger partial charge in [0.2, 0.25) is 0 Å². The minimum atomic E-state index is -0.279. The molecule has 0 aliphatic carbocycles. The predicted molar refractivity (Wildman–Crippen MR) is 119 cm³/mol. The highest BCUT2D eigenvalue weighted by molar-refractivity contribution is 5.73. The second-order valence-electron chi connectivity index (χ2n) is 8.03. The maximum Gasteiger partial charge on any atom is 0.315 e. The van der Waals surface area contributed by atoms with E-state index in [0.717, 1.165) is 37.4 Å². The van der Waals surface area contributed by atoms with Gasteiger partial charge in [0.1, 0.15) is 5.82 Å². The molecular formula is C23H32FN5O. The minimum Gasteiger partial charge on any atom is -0.378 e. The molecule has 2 N–H and O–H groups in total. The smallest absolute Gasteiger partial charge is 0.315 e. The number of amides is 2. The van der Waals surface area contributed by atoms with Crippen LogP contribution in [-0.4, -0.2) is 69.7 Å². The van der Waals surface area contributed by atoms with Crippen molar-refractivity contribution in [3.63, 3.8) is 0 Å². The summed E-state index contributed by atoms with van der Waals surface area (Å²) in [6.07, 6.45) is 0. The molecule has 1 aliphatic heterocycles. The lowest BCUT2D eigenvalue weighted by atomic mass is 10.0. The summed E-state index contributed by atoms with van der Waals surface area (Å²) in [4.78, 5) is 19.2. The van der Waals surface area contributed by atoms with Gasteiger partial charge in [-0.25, -0.2) is 9.18 Å². The molecule has 1 unspecified atom stereocenters. The Labute approximate surface area is 178 Å². The molecule has 2 amide bonds. The summed E-state index contributed by atoms with van der Waals surface area (Å²) in [5.41, 5.74) is 3.21. The fourth-order valence-electron chi connectivity index (χ4n) is 3.62. The van der Waals surface area contributed by atoms with Gasteiger partial charge in [0.15, 0.2) is 0 Å². The van der Waals surface area contributed by atoms with E-state index in [2.05, 4.69) is 56.6 Å². The molecule has 1 heterocycles. The average Bonchev–Trinajstić information content (AvgIpc) is 2.75. The van der Waals surface area contributed by atoms with Gasteiger partial charge in [-0.05, 0) is 42.4 Å². The van der Waals surface area contributed by atoms with E-state index in [9.17, 15) is 9.18 Å². The van der Waals surface area contributed by atoms with Gasteiger partial charge in [-0.1, -0.05) is 24.3 Å². The van der Waals surface area contributed by atoms with Crippen LogP contribution in [-0.2, 0) is 6.54 Å². The Morgan fingerprint density at radius 2 is 1.63 bits per heavy atom. The lowest BCUT2D eigenvalue weighted by Gasteiger charge is -2.38. The van der Waals surface area contributed by atoms with Crippen LogP contribution in [0.5, 0.6) is 0 Å². The van der Waals surface area contributed by atoms with E-state index in [1.165, 1.54) is 17.7 Å². The number of benzene rings is 2. The number of halogens is 1. The molecule has 0 radical (unpaired) electrons. The lowest BCUT2D eigenvalue weighted by Crippen LogP contribution is -2.49. The van der Waals surface area contributed by atoms with E-state index in [-0.39, 0.29) is 17.9 Å². The summed E-state index contributed by atoms with van der Waals surface area (Å²) in [7, 11) is 6.19. The first kappa shape index (κ1) is 22.1. The first-order chi connectivity index (χ1) is 14.4. The molecule has 30 heavy (non-hydrogen) atoms. The first-order valence-corrected chi connectivity index (χ1v) is 10.4. The summed E-state index contributed by atoms with van der Waals surface area (Å²) in [6.45, 7) is 4.86. The average molecular weight is 414 g/mol. The SMILES string of the molecule is CN1CCN(C(CNC(=O)NCc2ccc(F)cc2)c2ccc(N(C)C)cc2)CC1. The number of anilines is 1. The molecule has 0 bridgehead atoms. The lowest BCUT2D eigenvalue weighted by molar-refractivity contribution is 0.111. The highest BCUT2D eigenvalue weighted by atomic mass is 19.1. The molecule has 0 spiro atoms. The van der Waals surface area contributed by atoms with Gasteiger partial charge in [-0.2, -0.15) is 0 Å². The van der Waals surface area contributed by atoms with Gasteiger partial charge in [-0.3, -0.25) is 4.90 Å². The zero-order valence-electron chi connectivity index (χ0n) is 18.1. The number of nitrogens with one attached hydrogen (secondary N) is 2. The number of likely N-dealkylation sites (N-methyl/N-ethyl adjacent to an activating group) is 1. The summed E-state index contributed by atoms with van der Waals surface area (Å²) in [6, 6.07) is 14.6. The third-order valence-corrected chi connectivity index (χ3v) is 5.60. The highest BCUT2D eigenvalue weighted by Gasteiger charge is 2.24. The van der Waals surface area contributed by atoms with Crippen molar-refractivity contribution in [1.82, 2.24) is 20.4 Å². The van der Waals surface area contributed by atoms with Crippen LogP contribution in [0.15, 0.2) is 48.5 Å². The molecule has 162 valence electrons. The summed E-state index contributed by atoms with van der Waals surface area (Å²) in [5.74, 6) is -0.279. The number of hydrogen-bond acceptors (Lipinski definition) is 4. The molecular weight excluding hydrogens is 381 g/mol. The molecule has 0 saturated carbocycles. The number of carbonyl (C=O) groups excluding carboxylic acids is 1. The fraction of sp³-hybridized carbons (Fsp3) is 0.435. The van der Waals surface area contributed by atoms with Crippen LogP contribution in [0.25, 0.3) is 0 Å². The van der Waals surface area contributed by atoms with E-state index in [0.29, 0.717) is 13.1 Å². The number of nitrogens with zero attached hydrogens (tertiary/aromatic N) is 3. The number of carbonyl (C=O) groups is 1. The summed E-state index contributed by atoms with van der Waals surface area (Å²) < 4.78 is 13.0. The van der Waals surface area contributed by atoms with Gasteiger partial charge < -0.3 is 20.4 Å². The van der Waals surface area contributed by atoms with Crippen molar-refractivity contribution in [2.24, 2.45) is 0 Å². The molecule has 7 heteroatoms. The number of rotatable bonds is 7. The Kier molecular flexibility index (Phi) is 7.65. The molecule has 3 rings (SSSR count). The fourth-order valence-corrected chi connectivity index (χ4v) is 3.62. The standard InChI is InChI=1S/C23H32FN5O/c1-27(2)21-10-6-19(7-11-21)22(29-14-12-28(3)13-15-29)17-26-23(30)25-16-18-4-8-20(24)9-5-18/h4-11,22H,12-17H2,1-3H3,(H2,25,26,30). The summed E-state index contributed by atoms with van der Waals surface area (Å²) in [5, 5.41) is 5.87. The van der Waals surface area contributed by atoms with Crippen LogP contribution in [0.4, 0.5) is 14.9 Å². The van der Waals surface area contributed by atoms with Crippen LogP contribution >= 0.6 is 0 Å². The van der Waals surface area contributed by atoms with E-state index in [4.69, 9.17) is 0 Å². The molecule has 2 aromatic carbocycles. The van der Waals surface area contributed by atoms with Gasteiger partial charge >= 0.3 is 6.03 Å². The largest absolute Gasteiger partial charge is 0.378 e. The van der Waals surface area contributed by atoms with Crippen LogP contribution in [0, 0.1) is 5.82 Å². The zero-order chi connectivity index (χ0) is 21.5. The van der Waals surface area contributed by atoms with Crippen molar-refractivity contribution in [3.8, 4) is 0 Å². The van der Waals surface area contributed by atoms with Crippen LogP contribution < -0.4 is 15.5 Å². The van der Waals surface area contributed by atoms with Crippen molar-refractivity contribution in [2.45, 2.75) is 12.6 Å². The van der Waals surface area contributed by atoms with Crippen molar-refractivity contribution in [3.05, 3.63) is 65.5 Å². The van der Waals surface area contributed by atoms with Gasteiger partial charge in [0.25, 0.3) is 0 Å². The van der Waals surface area contributed by atoms with Crippen molar-refractivity contribution in [2.75, 3.05) is 58.8 Å². The Hall–Kier alpha value is -2.64. The van der Waals surface area contributed by atoms with Crippen molar-refractivity contribution in [1.29, 1.82) is 0 Å². The minimum absolute atomic E-state index is 0.117. The van der Waals surface area contributed by atoms with Crippen LogP contribution in [0.3, 0.4) is 0 Å². The Balaban J connectivity index is 1.61. The monoisotopic (exact) mass is 413 g/mol. The van der Waals surface area contributed by atoms with Gasteiger partial charge in [0.05, 0.1) is 6.04 Å². The Bertz CT molecular complexity index is 801. The molecule has 1 atom stereocenters.